The van der Waals surface area contributed by atoms with Gasteiger partial charge in [0.2, 0.25) is 11.8 Å². The third-order valence-corrected chi connectivity index (χ3v) is 3.65. The van der Waals surface area contributed by atoms with Crippen molar-refractivity contribution < 1.29 is 9.59 Å². The molecule has 1 atom stereocenters. The normalized spacial score (nSPS) is 20.1. The fraction of sp³-hybridized carbons (Fsp3) is 0.615. The summed E-state index contributed by atoms with van der Waals surface area (Å²) < 4.78 is 0. The predicted octanol–water partition coefficient (Wildman–Crippen LogP) is 0.306. The van der Waals surface area contributed by atoms with Crippen molar-refractivity contribution in [1.82, 2.24) is 20.4 Å². The summed E-state index contributed by atoms with van der Waals surface area (Å²) in [6.07, 6.45) is 1.09. The van der Waals surface area contributed by atoms with E-state index in [1.807, 2.05) is 13.8 Å². The molecule has 1 aliphatic heterocycles. The molecule has 1 fully saturated rings. The van der Waals surface area contributed by atoms with Crippen LogP contribution in [-0.2, 0) is 16.0 Å². The summed E-state index contributed by atoms with van der Waals surface area (Å²) >= 11 is 0. The lowest BCUT2D eigenvalue weighted by atomic mass is 10.1. The van der Waals surface area contributed by atoms with Gasteiger partial charge in [0.1, 0.15) is 6.04 Å². The standard InChI is InChI=1S/C13H20N4O2/c1-8-11(9(2)16-15-8)7-12(18)17-6-4-5-14-13(19)10(17)3/h10H,4-7H2,1-3H3,(H,14,19)(H,15,16)/t10-/m0/s1. The van der Waals surface area contributed by atoms with Gasteiger partial charge in [0.15, 0.2) is 0 Å². The van der Waals surface area contributed by atoms with Gasteiger partial charge >= 0.3 is 0 Å². The Kier molecular flexibility index (Phi) is 3.87. The molecule has 1 saturated heterocycles. The van der Waals surface area contributed by atoms with Crippen LogP contribution < -0.4 is 5.32 Å². The van der Waals surface area contributed by atoms with Crippen molar-refractivity contribution in [2.45, 2.75) is 39.7 Å². The van der Waals surface area contributed by atoms with Crippen LogP contribution >= 0.6 is 0 Å². The van der Waals surface area contributed by atoms with Crippen molar-refractivity contribution in [2.75, 3.05) is 13.1 Å². The number of H-pyrrole nitrogens is 1. The highest BCUT2D eigenvalue weighted by Crippen LogP contribution is 2.14. The SMILES string of the molecule is Cc1n[nH]c(C)c1CC(=O)N1CCCNC(=O)[C@@H]1C. The van der Waals surface area contributed by atoms with Crippen LogP contribution in [-0.4, -0.2) is 46.0 Å². The van der Waals surface area contributed by atoms with Gasteiger partial charge in [0.05, 0.1) is 12.1 Å². The third kappa shape index (κ3) is 2.77. The lowest BCUT2D eigenvalue weighted by Crippen LogP contribution is -2.45. The molecule has 2 rings (SSSR count). The first kappa shape index (κ1) is 13.6. The van der Waals surface area contributed by atoms with Gasteiger partial charge in [-0.25, -0.2) is 0 Å². The predicted molar refractivity (Wildman–Crippen MR) is 70.6 cm³/mol. The fourth-order valence-electron chi connectivity index (χ4n) is 2.37. The highest BCUT2D eigenvalue weighted by atomic mass is 16.2. The van der Waals surface area contributed by atoms with Gasteiger partial charge in [-0.1, -0.05) is 0 Å². The Morgan fingerprint density at radius 1 is 1.47 bits per heavy atom. The van der Waals surface area contributed by atoms with Gasteiger partial charge in [-0.05, 0) is 27.2 Å². The Bertz CT molecular complexity index is 475. The molecule has 104 valence electrons. The molecule has 6 heteroatoms. The number of carbonyl (C=O) groups is 2. The van der Waals surface area contributed by atoms with E-state index in [2.05, 4.69) is 15.5 Å². The van der Waals surface area contributed by atoms with E-state index < -0.39 is 6.04 Å². The van der Waals surface area contributed by atoms with E-state index in [4.69, 9.17) is 0 Å². The number of aromatic amines is 1. The summed E-state index contributed by atoms with van der Waals surface area (Å²) in [5, 5.41) is 9.78. The number of hydrogen-bond acceptors (Lipinski definition) is 3. The number of amides is 2. The molecule has 19 heavy (non-hydrogen) atoms. The summed E-state index contributed by atoms with van der Waals surface area (Å²) in [6.45, 7) is 6.81. The first-order valence-corrected chi connectivity index (χ1v) is 6.58. The summed E-state index contributed by atoms with van der Waals surface area (Å²) in [5.74, 6) is -0.0939. The van der Waals surface area contributed by atoms with Crippen LogP contribution in [0.15, 0.2) is 0 Å². The maximum absolute atomic E-state index is 12.4. The topological polar surface area (TPSA) is 78.1 Å². The average Bonchev–Trinajstić information content (AvgIpc) is 2.59. The molecule has 1 aromatic rings. The van der Waals surface area contributed by atoms with Gasteiger partial charge in [-0.3, -0.25) is 14.7 Å². The van der Waals surface area contributed by atoms with Crippen molar-refractivity contribution in [3.63, 3.8) is 0 Å². The van der Waals surface area contributed by atoms with E-state index in [0.717, 1.165) is 23.4 Å². The first-order chi connectivity index (χ1) is 9.00. The van der Waals surface area contributed by atoms with E-state index in [9.17, 15) is 9.59 Å². The summed E-state index contributed by atoms with van der Waals surface area (Å²) in [4.78, 5) is 25.8. The summed E-state index contributed by atoms with van der Waals surface area (Å²) in [6, 6.07) is -0.400. The minimum atomic E-state index is -0.400. The molecule has 0 unspecified atom stereocenters. The van der Waals surface area contributed by atoms with Crippen LogP contribution in [0.25, 0.3) is 0 Å². The monoisotopic (exact) mass is 264 g/mol. The molecule has 2 amide bonds. The Morgan fingerprint density at radius 2 is 2.21 bits per heavy atom. The van der Waals surface area contributed by atoms with E-state index in [-0.39, 0.29) is 11.8 Å². The molecule has 0 saturated carbocycles. The highest BCUT2D eigenvalue weighted by molar-refractivity contribution is 5.88. The minimum absolute atomic E-state index is 0.0165. The second kappa shape index (κ2) is 5.42. The Labute approximate surface area is 112 Å². The van der Waals surface area contributed by atoms with Crippen molar-refractivity contribution in [1.29, 1.82) is 0 Å². The highest BCUT2D eigenvalue weighted by Gasteiger charge is 2.28. The molecule has 1 aromatic heterocycles. The first-order valence-electron chi connectivity index (χ1n) is 6.58. The minimum Gasteiger partial charge on any atom is -0.354 e. The quantitative estimate of drug-likeness (QED) is 0.806. The van der Waals surface area contributed by atoms with Crippen molar-refractivity contribution >= 4 is 11.8 Å². The maximum Gasteiger partial charge on any atom is 0.242 e. The number of nitrogens with zero attached hydrogens (tertiary/aromatic N) is 2. The Balaban J connectivity index is 2.12. The van der Waals surface area contributed by atoms with Crippen LogP contribution in [0.5, 0.6) is 0 Å². The second-order valence-corrected chi connectivity index (χ2v) is 5.00. The number of aryl methyl sites for hydroxylation is 2. The van der Waals surface area contributed by atoms with E-state index in [1.54, 1.807) is 11.8 Å². The number of rotatable bonds is 2. The lowest BCUT2D eigenvalue weighted by molar-refractivity contribution is -0.138. The molecule has 2 heterocycles. The molecule has 1 aliphatic rings. The smallest absolute Gasteiger partial charge is 0.242 e. The van der Waals surface area contributed by atoms with Crippen LogP contribution in [0.2, 0.25) is 0 Å². The summed E-state index contributed by atoms with van der Waals surface area (Å²) in [5.41, 5.74) is 2.69. The van der Waals surface area contributed by atoms with Crippen molar-refractivity contribution in [2.24, 2.45) is 0 Å². The largest absolute Gasteiger partial charge is 0.354 e. The zero-order valence-electron chi connectivity index (χ0n) is 11.6. The number of hydrogen-bond donors (Lipinski definition) is 2. The molecule has 0 radical (unpaired) electrons. The fourth-order valence-corrected chi connectivity index (χ4v) is 2.37. The number of nitrogens with one attached hydrogen (secondary N) is 2. The zero-order valence-corrected chi connectivity index (χ0v) is 11.6. The van der Waals surface area contributed by atoms with Gasteiger partial charge < -0.3 is 10.2 Å². The molecule has 0 aromatic carbocycles. The van der Waals surface area contributed by atoms with Crippen molar-refractivity contribution in [3.8, 4) is 0 Å². The van der Waals surface area contributed by atoms with E-state index >= 15 is 0 Å². The van der Waals surface area contributed by atoms with Gasteiger partial charge in [-0.15, -0.1) is 0 Å². The lowest BCUT2D eigenvalue weighted by Gasteiger charge is -2.25. The van der Waals surface area contributed by atoms with Gasteiger partial charge in [-0.2, -0.15) is 5.10 Å². The maximum atomic E-state index is 12.4. The summed E-state index contributed by atoms with van der Waals surface area (Å²) in [7, 11) is 0. The van der Waals surface area contributed by atoms with Crippen LogP contribution in [0, 0.1) is 13.8 Å². The van der Waals surface area contributed by atoms with Crippen LogP contribution in [0.3, 0.4) is 0 Å². The molecular formula is C13H20N4O2. The second-order valence-electron chi connectivity index (χ2n) is 5.00. The van der Waals surface area contributed by atoms with E-state index in [0.29, 0.717) is 19.5 Å². The van der Waals surface area contributed by atoms with Crippen LogP contribution in [0.4, 0.5) is 0 Å². The van der Waals surface area contributed by atoms with Crippen molar-refractivity contribution in [3.05, 3.63) is 17.0 Å². The number of aromatic nitrogens is 2. The molecule has 0 spiro atoms. The van der Waals surface area contributed by atoms with Gasteiger partial charge in [0.25, 0.3) is 0 Å². The molecule has 6 nitrogen and oxygen atoms in total. The molecule has 0 aliphatic carbocycles. The third-order valence-electron chi connectivity index (χ3n) is 3.65. The van der Waals surface area contributed by atoms with Crippen LogP contribution in [0.1, 0.15) is 30.3 Å². The number of carbonyl (C=O) groups excluding carboxylic acids is 2. The average molecular weight is 264 g/mol. The molecular weight excluding hydrogens is 244 g/mol. The zero-order chi connectivity index (χ0) is 14.0. The Hall–Kier alpha value is -1.85. The Morgan fingerprint density at radius 3 is 2.84 bits per heavy atom. The van der Waals surface area contributed by atoms with E-state index in [1.165, 1.54) is 0 Å². The molecule has 2 N–H and O–H groups in total. The van der Waals surface area contributed by atoms with Gasteiger partial charge in [0, 0.05) is 24.3 Å². The molecule has 0 bridgehead atoms.